The number of rotatable bonds is 2. The van der Waals surface area contributed by atoms with Crippen LogP contribution in [0.3, 0.4) is 0 Å². The van der Waals surface area contributed by atoms with Crippen molar-refractivity contribution in [1.82, 2.24) is 9.88 Å². The number of hydrogen-bond donors (Lipinski definition) is 0. The number of amides is 1. The van der Waals surface area contributed by atoms with Gasteiger partial charge in [0, 0.05) is 11.0 Å². The lowest BCUT2D eigenvalue weighted by atomic mass is 10.1. The van der Waals surface area contributed by atoms with Gasteiger partial charge < -0.3 is 9.64 Å². The number of aryl methyl sites for hydroxylation is 1. The Morgan fingerprint density at radius 2 is 2.19 bits per heavy atom. The van der Waals surface area contributed by atoms with Crippen LogP contribution in [0.4, 0.5) is 0 Å². The molecule has 1 aromatic heterocycles. The first-order valence-electron chi connectivity index (χ1n) is 6.71. The number of benzene rings is 1. The van der Waals surface area contributed by atoms with Gasteiger partial charge in [0.1, 0.15) is 11.0 Å². The van der Waals surface area contributed by atoms with E-state index in [-0.39, 0.29) is 12.0 Å². The molecule has 4 nitrogen and oxygen atoms in total. The first-order chi connectivity index (χ1) is 10.1. The Morgan fingerprint density at radius 1 is 1.43 bits per heavy atom. The predicted octanol–water partition coefficient (Wildman–Crippen LogP) is 3.43. The van der Waals surface area contributed by atoms with Gasteiger partial charge >= 0.3 is 0 Å². The van der Waals surface area contributed by atoms with Crippen LogP contribution in [0.15, 0.2) is 34.2 Å². The van der Waals surface area contributed by atoms with Crippen molar-refractivity contribution in [3.8, 4) is 0 Å². The highest BCUT2D eigenvalue weighted by Crippen LogP contribution is 2.25. The summed E-state index contributed by atoms with van der Waals surface area (Å²) in [5.41, 5.74) is 3.61. The Morgan fingerprint density at radius 3 is 2.86 bits per heavy atom. The van der Waals surface area contributed by atoms with Crippen LogP contribution < -0.4 is 0 Å². The highest BCUT2D eigenvalue weighted by atomic mass is 79.9. The summed E-state index contributed by atoms with van der Waals surface area (Å²) in [6.45, 7) is 3.64. The third-order valence-electron chi connectivity index (χ3n) is 3.54. The fraction of sp³-hybridized carbons (Fsp3) is 0.333. The Hall–Kier alpha value is -1.24. The fourth-order valence-corrected chi connectivity index (χ4v) is 3.40. The van der Waals surface area contributed by atoms with Crippen molar-refractivity contribution in [2.75, 3.05) is 19.7 Å². The monoisotopic (exact) mass is 366 g/mol. The van der Waals surface area contributed by atoms with E-state index in [2.05, 4.69) is 20.9 Å². The maximum Gasteiger partial charge on any atom is 0.266 e. The standard InChI is InChI=1S/C15H15BrN2O2S/c1-10-14(21-9-17-10)15(19)18-6-7-20-13(8-18)11-2-4-12(16)5-3-11/h2-5,9,13H,6-8H2,1H3. The van der Waals surface area contributed by atoms with Gasteiger partial charge in [0.05, 0.1) is 24.4 Å². The quantitative estimate of drug-likeness (QED) is 0.817. The summed E-state index contributed by atoms with van der Waals surface area (Å²) >= 11 is 4.83. The van der Waals surface area contributed by atoms with Crippen LogP contribution in [-0.4, -0.2) is 35.5 Å². The third kappa shape index (κ3) is 3.17. The van der Waals surface area contributed by atoms with Crippen molar-refractivity contribution >= 4 is 33.2 Å². The second-order valence-electron chi connectivity index (χ2n) is 4.93. The van der Waals surface area contributed by atoms with Gasteiger partial charge in [0.25, 0.3) is 5.91 Å². The largest absolute Gasteiger partial charge is 0.370 e. The zero-order chi connectivity index (χ0) is 14.8. The summed E-state index contributed by atoms with van der Waals surface area (Å²) in [6.07, 6.45) is -0.0657. The maximum atomic E-state index is 12.5. The molecule has 21 heavy (non-hydrogen) atoms. The number of halogens is 1. The Kier molecular flexibility index (Phi) is 4.37. The Balaban J connectivity index is 1.75. The van der Waals surface area contributed by atoms with Gasteiger partial charge in [0.15, 0.2) is 0 Å². The van der Waals surface area contributed by atoms with Crippen molar-refractivity contribution < 1.29 is 9.53 Å². The maximum absolute atomic E-state index is 12.5. The molecule has 1 saturated heterocycles. The van der Waals surface area contributed by atoms with Gasteiger partial charge in [0.2, 0.25) is 0 Å². The second kappa shape index (κ2) is 6.25. The lowest BCUT2D eigenvalue weighted by molar-refractivity contribution is -0.0227. The molecular formula is C15H15BrN2O2S. The number of nitrogens with zero attached hydrogens (tertiary/aromatic N) is 2. The van der Waals surface area contributed by atoms with Gasteiger partial charge in [-0.25, -0.2) is 4.98 Å². The molecule has 0 saturated carbocycles. The van der Waals surface area contributed by atoms with E-state index < -0.39 is 0 Å². The molecule has 1 aromatic carbocycles. The molecule has 1 amide bonds. The molecule has 0 aliphatic carbocycles. The minimum atomic E-state index is -0.0657. The van der Waals surface area contributed by atoms with Crippen LogP contribution >= 0.6 is 27.3 Å². The van der Waals surface area contributed by atoms with E-state index in [1.54, 1.807) is 5.51 Å². The number of hydrogen-bond acceptors (Lipinski definition) is 4. The lowest BCUT2D eigenvalue weighted by Gasteiger charge is -2.33. The number of morpholine rings is 1. The summed E-state index contributed by atoms with van der Waals surface area (Å²) in [4.78, 5) is 19.3. The molecule has 6 heteroatoms. The SMILES string of the molecule is Cc1ncsc1C(=O)N1CCOC(c2ccc(Br)cc2)C1. The van der Waals surface area contributed by atoms with E-state index in [0.29, 0.717) is 19.7 Å². The van der Waals surface area contributed by atoms with Gasteiger partial charge in [-0.15, -0.1) is 11.3 Å². The minimum absolute atomic E-state index is 0.0559. The molecule has 1 aliphatic heterocycles. The molecule has 1 fully saturated rings. The minimum Gasteiger partial charge on any atom is -0.370 e. The molecule has 1 aliphatic rings. The molecule has 0 bridgehead atoms. The Bertz CT molecular complexity index is 641. The summed E-state index contributed by atoms with van der Waals surface area (Å²) < 4.78 is 6.85. The highest BCUT2D eigenvalue weighted by Gasteiger charge is 2.27. The normalized spacial score (nSPS) is 18.8. The molecule has 0 N–H and O–H groups in total. The van der Waals surface area contributed by atoms with Crippen molar-refractivity contribution in [2.45, 2.75) is 13.0 Å². The van der Waals surface area contributed by atoms with Crippen LogP contribution in [0.5, 0.6) is 0 Å². The summed E-state index contributed by atoms with van der Waals surface area (Å²) in [6, 6.07) is 8.04. The van der Waals surface area contributed by atoms with Crippen molar-refractivity contribution in [1.29, 1.82) is 0 Å². The van der Waals surface area contributed by atoms with Gasteiger partial charge in [-0.05, 0) is 24.6 Å². The summed E-state index contributed by atoms with van der Waals surface area (Å²) in [5, 5.41) is 0. The molecule has 2 heterocycles. The number of thiazole rings is 1. The molecule has 3 rings (SSSR count). The summed E-state index contributed by atoms with van der Waals surface area (Å²) in [5.74, 6) is 0.0559. The zero-order valence-corrected chi connectivity index (χ0v) is 14.0. The van der Waals surface area contributed by atoms with Crippen molar-refractivity contribution in [2.24, 2.45) is 0 Å². The third-order valence-corrected chi connectivity index (χ3v) is 4.98. The average molecular weight is 367 g/mol. The fourth-order valence-electron chi connectivity index (χ4n) is 2.36. The lowest BCUT2D eigenvalue weighted by Crippen LogP contribution is -2.42. The van der Waals surface area contributed by atoms with E-state index in [4.69, 9.17) is 4.74 Å². The van der Waals surface area contributed by atoms with Gasteiger partial charge in [-0.1, -0.05) is 28.1 Å². The zero-order valence-electron chi connectivity index (χ0n) is 11.6. The molecule has 110 valence electrons. The van der Waals surface area contributed by atoms with Gasteiger partial charge in [-0.3, -0.25) is 4.79 Å². The van der Waals surface area contributed by atoms with Crippen LogP contribution in [0.1, 0.15) is 27.0 Å². The highest BCUT2D eigenvalue weighted by molar-refractivity contribution is 9.10. The first-order valence-corrected chi connectivity index (χ1v) is 8.39. The molecule has 0 radical (unpaired) electrons. The van der Waals surface area contributed by atoms with Crippen molar-refractivity contribution in [3.05, 3.63) is 50.4 Å². The first kappa shape index (κ1) is 14.7. The molecular weight excluding hydrogens is 352 g/mol. The summed E-state index contributed by atoms with van der Waals surface area (Å²) in [7, 11) is 0. The van der Waals surface area contributed by atoms with Crippen LogP contribution in [0.25, 0.3) is 0 Å². The smallest absolute Gasteiger partial charge is 0.266 e. The van der Waals surface area contributed by atoms with E-state index in [1.165, 1.54) is 11.3 Å². The van der Waals surface area contributed by atoms with Crippen LogP contribution in [0, 0.1) is 6.92 Å². The number of carbonyl (C=O) groups excluding carboxylic acids is 1. The number of aromatic nitrogens is 1. The molecule has 2 aromatic rings. The van der Waals surface area contributed by atoms with E-state index in [1.807, 2.05) is 36.1 Å². The van der Waals surface area contributed by atoms with E-state index in [0.717, 1.165) is 20.6 Å². The predicted molar refractivity (Wildman–Crippen MR) is 85.6 cm³/mol. The average Bonchev–Trinajstić information content (AvgIpc) is 2.93. The van der Waals surface area contributed by atoms with Crippen molar-refractivity contribution in [3.63, 3.8) is 0 Å². The van der Waals surface area contributed by atoms with Gasteiger partial charge in [-0.2, -0.15) is 0 Å². The number of ether oxygens (including phenoxy) is 1. The molecule has 1 atom stereocenters. The van der Waals surface area contributed by atoms with Crippen LogP contribution in [-0.2, 0) is 4.74 Å². The second-order valence-corrected chi connectivity index (χ2v) is 6.70. The number of carbonyl (C=O) groups is 1. The van der Waals surface area contributed by atoms with E-state index in [9.17, 15) is 4.79 Å². The molecule has 1 unspecified atom stereocenters. The Labute approximate surface area is 135 Å². The van der Waals surface area contributed by atoms with E-state index >= 15 is 0 Å². The topological polar surface area (TPSA) is 42.4 Å². The molecule has 0 spiro atoms. The van der Waals surface area contributed by atoms with Crippen LogP contribution in [0.2, 0.25) is 0 Å².